The van der Waals surface area contributed by atoms with Crippen molar-refractivity contribution in [3.05, 3.63) is 46.3 Å². The number of rotatable bonds is 5. The van der Waals surface area contributed by atoms with Crippen LogP contribution in [0.3, 0.4) is 0 Å². The number of amides is 1. The van der Waals surface area contributed by atoms with Crippen molar-refractivity contribution in [3.63, 3.8) is 0 Å². The van der Waals surface area contributed by atoms with Crippen molar-refractivity contribution < 1.29 is 13.9 Å². The van der Waals surface area contributed by atoms with Crippen LogP contribution in [0, 0.1) is 0 Å². The number of nitrogens with zero attached hydrogens (tertiary/aromatic N) is 1. The third-order valence-corrected chi connectivity index (χ3v) is 3.37. The van der Waals surface area contributed by atoms with Gasteiger partial charge < -0.3 is 19.8 Å². The number of halogens is 1. The Hall–Kier alpha value is -1.95. The molecular weight excluding hydrogens is 336 g/mol. The van der Waals surface area contributed by atoms with Crippen molar-refractivity contribution in [3.8, 4) is 5.75 Å². The topological polar surface area (TPSA) is 68.7 Å². The molecule has 21 heavy (non-hydrogen) atoms. The third-order valence-electron chi connectivity index (χ3n) is 2.94. The van der Waals surface area contributed by atoms with Gasteiger partial charge in [-0.25, -0.2) is 0 Å². The van der Waals surface area contributed by atoms with Crippen LogP contribution in [0.15, 0.2) is 39.4 Å². The Morgan fingerprint density at radius 3 is 2.76 bits per heavy atom. The zero-order chi connectivity index (χ0) is 15.4. The first-order valence-corrected chi connectivity index (χ1v) is 7.33. The lowest BCUT2D eigenvalue weighted by atomic mass is 10.1. The second kappa shape index (κ2) is 6.67. The van der Waals surface area contributed by atoms with Gasteiger partial charge in [-0.15, -0.1) is 0 Å². The number of anilines is 1. The second-order valence-electron chi connectivity index (χ2n) is 4.52. The summed E-state index contributed by atoms with van der Waals surface area (Å²) in [7, 11) is 1.70. The molecule has 1 heterocycles. The fraction of sp³-hybridized carbons (Fsp3) is 0.267. The number of furan rings is 1. The van der Waals surface area contributed by atoms with E-state index >= 15 is 0 Å². The molecule has 6 heteroatoms. The van der Waals surface area contributed by atoms with Gasteiger partial charge >= 0.3 is 0 Å². The molecule has 2 aromatic rings. The Balaban J connectivity index is 2.22. The molecule has 112 valence electrons. The highest BCUT2D eigenvalue weighted by molar-refractivity contribution is 9.10. The van der Waals surface area contributed by atoms with Crippen LogP contribution in [-0.2, 0) is 6.54 Å². The molecular formula is C15H17BrN2O3. The van der Waals surface area contributed by atoms with Gasteiger partial charge in [-0.1, -0.05) is 6.07 Å². The molecule has 1 amide bonds. The van der Waals surface area contributed by atoms with Crippen molar-refractivity contribution in [2.24, 2.45) is 0 Å². The summed E-state index contributed by atoms with van der Waals surface area (Å²) in [5.41, 5.74) is 6.71. The van der Waals surface area contributed by atoms with E-state index < -0.39 is 0 Å². The number of nitrogens with two attached hydrogens (primary N) is 1. The van der Waals surface area contributed by atoms with Crippen molar-refractivity contribution >= 4 is 27.5 Å². The summed E-state index contributed by atoms with van der Waals surface area (Å²) in [6.45, 7) is 2.68. The predicted molar refractivity (Wildman–Crippen MR) is 84.2 cm³/mol. The average Bonchev–Trinajstić information content (AvgIpc) is 2.84. The van der Waals surface area contributed by atoms with E-state index in [1.54, 1.807) is 36.2 Å². The van der Waals surface area contributed by atoms with Gasteiger partial charge in [0.05, 0.1) is 13.2 Å². The summed E-state index contributed by atoms with van der Waals surface area (Å²) in [5, 5.41) is 0. The zero-order valence-electron chi connectivity index (χ0n) is 11.9. The zero-order valence-corrected chi connectivity index (χ0v) is 13.5. The Morgan fingerprint density at radius 2 is 2.14 bits per heavy atom. The maximum atomic E-state index is 12.6. The molecule has 0 unspecified atom stereocenters. The summed E-state index contributed by atoms with van der Waals surface area (Å²) in [4.78, 5) is 14.1. The normalized spacial score (nSPS) is 10.4. The molecule has 1 aromatic heterocycles. The Kier molecular flexibility index (Phi) is 4.90. The lowest BCUT2D eigenvalue weighted by Crippen LogP contribution is -2.27. The maximum absolute atomic E-state index is 12.6. The van der Waals surface area contributed by atoms with Gasteiger partial charge in [0.15, 0.2) is 4.67 Å². The van der Waals surface area contributed by atoms with Gasteiger partial charge in [0.2, 0.25) is 0 Å². The molecule has 2 N–H and O–H groups in total. The summed E-state index contributed by atoms with van der Waals surface area (Å²) >= 11 is 3.24. The summed E-state index contributed by atoms with van der Waals surface area (Å²) < 4.78 is 11.5. The average molecular weight is 353 g/mol. The van der Waals surface area contributed by atoms with Crippen molar-refractivity contribution in [2.45, 2.75) is 13.5 Å². The Labute approximate surface area is 131 Å². The van der Waals surface area contributed by atoms with Gasteiger partial charge in [0, 0.05) is 12.7 Å². The summed E-state index contributed by atoms with van der Waals surface area (Å²) in [6.07, 6.45) is 0. The summed E-state index contributed by atoms with van der Waals surface area (Å²) in [5.74, 6) is 0.976. The molecule has 0 aliphatic heterocycles. The molecule has 0 radical (unpaired) electrons. The van der Waals surface area contributed by atoms with Gasteiger partial charge in [-0.05, 0) is 47.1 Å². The van der Waals surface area contributed by atoms with Gasteiger partial charge in [0.25, 0.3) is 5.91 Å². The number of ether oxygens (including phenoxy) is 1. The van der Waals surface area contributed by atoms with Gasteiger partial charge in [-0.3, -0.25) is 4.79 Å². The molecule has 0 aliphatic rings. The minimum absolute atomic E-state index is 0.205. The van der Waals surface area contributed by atoms with Gasteiger partial charge in [-0.2, -0.15) is 0 Å². The largest absolute Gasteiger partial charge is 0.493 e. The highest BCUT2D eigenvalue weighted by atomic mass is 79.9. The van der Waals surface area contributed by atoms with E-state index in [0.717, 1.165) is 0 Å². The molecule has 1 aromatic carbocycles. The van der Waals surface area contributed by atoms with E-state index in [0.29, 0.717) is 40.6 Å². The first-order chi connectivity index (χ1) is 10.0. The predicted octanol–water partition coefficient (Wildman–Crippen LogP) is 3.30. The molecule has 0 atom stereocenters. The quantitative estimate of drug-likeness (QED) is 0.838. The highest BCUT2D eigenvalue weighted by Gasteiger charge is 2.20. The van der Waals surface area contributed by atoms with Crippen LogP contribution < -0.4 is 10.5 Å². The minimum atomic E-state index is -0.205. The molecule has 0 spiro atoms. The number of carbonyl (C=O) groups is 1. The van der Waals surface area contributed by atoms with Crippen LogP contribution >= 0.6 is 15.9 Å². The lowest BCUT2D eigenvalue weighted by Gasteiger charge is -2.19. The van der Waals surface area contributed by atoms with Crippen molar-refractivity contribution in [1.82, 2.24) is 4.90 Å². The van der Waals surface area contributed by atoms with Gasteiger partial charge in [0.1, 0.15) is 17.1 Å². The van der Waals surface area contributed by atoms with E-state index in [-0.39, 0.29) is 5.91 Å². The monoisotopic (exact) mass is 352 g/mol. The lowest BCUT2D eigenvalue weighted by molar-refractivity contribution is 0.0772. The first kappa shape index (κ1) is 15.4. The smallest absolute Gasteiger partial charge is 0.259 e. The number of carbonyl (C=O) groups excluding carboxylic acids is 1. The van der Waals surface area contributed by atoms with Crippen molar-refractivity contribution in [1.29, 1.82) is 0 Å². The van der Waals surface area contributed by atoms with Crippen LogP contribution in [0.25, 0.3) is 0 Å². The molecule has 5 nitrogen and oxygen atoms in total. The van der Waals surface area contributed by atoms with Crippen LogP contribution in [0.5, 0.6) is 5.75 Å². The standard InChI is InChI=1S/C15H17BrN2O3/c1-3-20-12-6-4-5-11(17)14(12)15(19)18(2)9-10-7-8-13(16)21-10/h4-8H,3,9,17H2,1-2H3. The second-order valence-corrected chi connectivity index (χ2v) is 5.30. The highest BCUT2D eigenvalue weighted by Crippen LogP contribution is 2.26. The van der Waals surface area contributed by atoms with E-state index in [1.807, 2.05) is 13.0 Å². The van der Waals surface area contributed by atoms with E-state index in [4.69, 9.17) is 14.9 Å². The van der Waals surface area contributed by atoms with E-state index in [2.05, 4.69) is 15.9 Å². The van der Waals surface area contributed by atoms with Crippen LogP contribution in [-0.4, -0.2) is 24.5 Å². The first-order valence-electron chi connectivity index (χ1n) is 6.54. The Morgan fingerprint density at radius 1 is 1.38 bits per heavy atom. The third kappa shape index (κ3) is 3.58. The van der Waals surface area contributed by atoms with Crippen molar-refractivity contribution in [2.75, 3.05) is 19.4 Å². The summed E-state index contributed by atoms with van der Waals surface area (Å²) in [6, 6.07) is 8.79. The molecule has 0 aliphatic carbocycles. The molecule has 0 bridgehead atoms. The fourth-order valence-corrected chi connectivity index (χ4v) is 2.33. The number of benzene rings is 1. The molecule has 0 saturated carbocycles. The maximum Gasteiger partial charge on any atom is 0.259 e. The Bertz CT molecular complexity index is 640. The molecule has 0 fully saturated rings. The minimum Gasteiger partial charge on any atom is -0.493 e. The number of hydrogen-bond acceptors (Lipinski definition) is 4. The molecule has 0 saturated heterocycles. The number of hydrogen-bond donors (Lipinski definition) is 1. The van der Waals surface area contributed by atoms with Crippen LogP contribution in [0.2, 0.25) is 0 Å². The van der Waals surface area contributed by atoms with E-state index in [9.17, 15) is 4.79 Å². The van der Waals surface area contributed by atoms with Crippen LogP contribution in [0.4, 0.5) is 5.69 Å². The SMILES string of the molecule is CCOc1cccc(N)c1C(=O)N(C)Cc1ccc(Br)o1. The number of nitrogen functional groups attached to an aromatic ring is 1. The molecule has 2 rings (SSSR count). The van der Waals surface area contributed by atoms with E-state index in [1.165, 1.54) is 0 Å². The fourth-order valence-electron chi connectivity index (χ4n) is 1.99. The van der Waals surface area contributed by atoms with Crippen LogP contribution in [0.1, 0.15) is 23.0 Å².